The van der Waals surface area contributed by atoms with Gasteiger partial charge in [0.15, 0.2) is 0 Å². The molecular weight excluding hydrogens is 362 g/mol. The fraction of sp³-hybridized carbons (Fsp3) is 0.150. The molecule has 27 heavy (non-hydrogen) atoms. The number of halogens is 1. The molecule has 0 amide bonds. The van der Waals surface area contributed by atoms with Gasteiger partial charge in [0.25, 0.3) is 0 Å². The molecule has 0 aliphatic rings. The Morgan fingerprint density at radius 3 is 2.59 bits per heavy atom. The van der Waals surface area contributed by atoms with E-state index in [0.717, 1.165) is 23.4 Å². The summed E-state index contributed by atoms with van der Waals surface area (Å²) in [5, 5.41) is 9.15. The van der Waals surface area contributed by atoms with Crippen molar-refractivity contribution in [1.82, 2.24) is 24.8 Å². The molecule has 0 spiro atoms. The van der Waals surface area contributed by atoms with Crippen LogP contribution in [0.3, 0.4) is 0 Å². The third-order valence-electron chi connectivity index (χ3n) is 4.08. The van der Waals surface area contributed by atoms with Crippen LogP contribution in [0.25, 0.3) is 17.1 Å². The van der Waals surface area contributed by atoms with Crippen molar-refractivity contribution in [2.24, 2.45) is 0 Å². The molecule has 2 heterocycles. The van der Waals surface area contributed by atoms with Gasteiger partial charge < -0.3 is 4.52 Å². The number of para-hydroxylation sites is 1. The number of nitrogens with zero attached hydrogens (tertiary/aromatic N) is 5. The first-order valence-electron chi connectivity index (χ1n) is 8.53. The van der Waals surface area contributed by atoms with Gasteiger partial charge >= 0.3 is 0 Å². The second-order valence-corrected chi connectivity index (χ2v) is 6.76. The zero-order chi connectivity index (χ0) is 18.6. The SMILES string of the molecule is CN(Cc1cnn(-c2ccccc2)c1)Cc1nc(-c2ccc(Cl)cc2)no1. The molecule has 2 aromatic carbocycles. The Morgan fingerprint density at radius 1 is 1.04 bits per heavy atom. The predicted octanol–water partition coefficient (Wildman–Crippen LogP) is 4.21. The van der Waals surface area contributed by atoms with Crippen molar-refractivity contribution in [3.63, 3.8) is 0 Å². The minimum atomic E-state index is 0.553. The number of benzene rings is 2. The van der Waals surface area contributed by atoms with Gasteiger partial charge in [0.2, 0.25) is 11.7 Å². The highest BCUT2D eigenvalue weighted by Gasteiger charge is 2.12. The molecule has 7 heteroatoms. The maximum atomic E-state index is 5.91. The quantitative estimate of drug-likeness (QED) is 0.502. The Balaban J connectivity index is 1.39. The van der Waals surface area contributed by atoms with Crippen LogP contribution >= 0.6 is 11.6 Å². The lowest BCUT2D eigenvalue weighted by molar-refractivity contribution is 0.261. The highest BCUT2D eigenvalue weighted by atomic mass is 35.5. The Morgan fingerprint density at radius 2 is 1.81 bits per heavy atom. The molecular formula is C20H18ClN5O. The highest BCUT2D eigenvalue weighted by molar-refractivity contribution is 6.30. The summed E-state index contributed by atoms with van der Waals surface area (Å²) in [5.74, 6) is 1.13. The average molecular weight is 380 g/mol. The summed E-state index contributed by atoms with van der Waals surface area (Å²) in [7, 11) is 2.01. The minimum absolute atomic E-state index is 0.553. The van der Waals surface area contributed by atoms with Gasteiger partial charge in [-0.3, -0.25) is 4.90 Å². The van der Waals surface area contributed by atoms with E-state index in [-0.39, 0.29) is 0 Å². The molecule has 4 rings (SSSR count). The summed E-state index contributed by atoms with van der Waals surface area (Å²) in [6.45, 7) is 1.28. The van der Waals surface area contributed by atoms with Crippen LogP contribution in [0.15, 0.2) is 71.5 Å². The van der Waals surface area contributed by atoms with Crippen molar-refractivity contribution in [2.45, 2.75) is 13.1 Å². The van der Waals surface area contributed by atoms with E-state index in [1.54, 1.807) is 0 Å². The average Bonchev–Trinajstić information content (AvgIpc) is 3.33. The van der Waals surface area contributed by atoms with Crippen molar-refractivity contribution >= 4 is 11.6 Å². The first-order chi connectivity index (χ1) is 13.2. The smallest absolute Gasteiger partial charge is 0.241 e. The largest absolute Gasteiger partial charge is 0.338 e. The number of aromatic nitrogens is 4. The van der Waals surface area contributed by atoms with Gasteiger partial charge in [-0.1, -0.05) is 35.0 Å². The van der Waals surface area contributed by atoms with Crippen molar-refractivity contribution in [3.05, 3.63) is 83.5 Å². The second-order valence-electron chi connectivity index (χ2n) is 6.32. The van der Waals surface area contributed by atoms with E-state index in [4.69, 9.17) is 16.1 Å². The van der Waals surface area contributed by atoms with Gasteiger partial charge in [-0.05, 0) is 43.4 Å². The van der Waals surface area contributed by atoms with Crippen LogP contribution in [0.4, 0.5) is 0 Å². The third kappa shape index (κ3) is 4.24. The first kappa shape index (κ1) is 17.5. The Kier molecular flexibility index (Phi) is 5.00. The topological polar surface area (TPSA) is 60.0 Å². The standard InChI is InChI=1S/C20H18ClN5O/c1-25(12-15-11-22-26(13-15)18-5-3-2-4-6-18)14-19-23-20(24-27-19)16-7-9-17(21)10-8-16/h2-11,13H,12,14H2,1H3. The van der Waals surface area contributed by atoms with E-state index in [2.05, 4.69) is 20.1 Å². The number of rotatable bonds is 6. The van der Waals surface area contributed by atoms with Gasteiger partial charge in [-0.25, -0.2) is 4.68 Å². The number of hydrogen-bond acceptors (Lipinski definition) is 5. The summed E-state index contributed by atoms with van der Waals surface area (Å²) in [4.78, 5) is 6.56. The molecule has 0 saturated carbocycles. The fourth-order valence-corrected chi connectivity index (χ4v) is 2.92. The molecule has 0 unspecified atom stereocenters. The normalized spacial score (nSPS) is 11.2. The predicted molar refractivity (Wildman–Crippen MR) is 103 cm³/mol. The lowest BCUT2D eigenvalue weighted by Crippen LogP contribution is -2.17. The molecule has 4 aromatic rings. The van der Waals surface area contributed by atoms with Gasteiger partial charge in [-0.2, -0.15) is 10.1 Å². The van der Waals surface area contributed by atoms with Gasteiger partial charge in [0.1, 0.15) is 0 Å². The van der Waals surface area contributed by atoms with Crippen molar-refractivity contribution < 1.29 is 4.52 Å². The molecule has 0 atom stereocenters. The van der Waals surface area contributed by atoms with E-state index in [1.807, 2.05) is 78.7 Å². The zero-order valence-corrected chi connectivity index (χ0v) is 15.5. The van der Waals surface area contributed by atoms with Crippen LogP contribution in [0, 0.1) is 0 Å². The molecule has 6 nitrogen and oxygen atoms in total. The summed E-state index contributed by atoms with van der Waals surface area (Å²) in [6.07, 6.45) is 3.90. The van der Waals surface area contributed by atoms with Crippen molar-refractivity contribution in [1.29, 1.82) is 0 Å². The van der Waals surface area contributed by atoms with Crippen molar-refractivity contribution in [2.75, 3.05) is 7.05 Å². The summed E-state index contributed by atoms with van der Waals surface area (Å²) >= 11 is 5.91. The van der Waals surface area contributed by atoms with Gasteiger partial charge in [0, 0.05) is 28.9 Å². The van der Waals surface area contributed by atoms with E-state index >= 15 is 0 Å². The van der Waals surface area contributed by atoms with E-state index in [1.165, 1.54) is 0 Å². The third-order valence-corrected chi connectivity index (χ3v) is 4.34. The van der Waals surface area contributed by atoms with Crippen LogP contribution in [0.5, 0.6) is 0 Å². The Labute approximate surface area is 162 Å². The molecule has 0 saturated heterocycles. The van der Waals surface area contributed by atoms with Crippen molar-refractivity contribution in [3.8, 4) is 17.1 Å². The van der Waals surface area contributed by atoms with Gasteiger partial charge in [0.05, 0.1) is 18.4 Å². The fourth-order valence-electron chi connectivity index (χ4n) is 2.80. The Bertz CT molecular complexity index is 1010. The van der Waals surface area contributed by atoms with E-state index in [0.29, 0.717) is 23.3 Å². The van der Waals surface area contributed by atoms with Crippen LogP contribution in [0.2, 0.25) is 5.02 Å². The molecule has 136 valence electrons. The highest BCUT2D eigenvalue weighted by Crippen LogP contribution is 2.19. The molecule has 0 aliphatic carbocycles. The van der Waals surface area contributed by atoms with Crippen LogP contribution in [-0.4, -0.2) is 31.9 Å². The van der Waals surface area contributed by atoms with Gasteiger partial charge in [-0.15, -0.1) is 0 Å². The minimum Gasteiger partial charge on any atom is -0.338 e. The summed E-state index contributed by atoms with van der Waals surface area (Å²) in [5.41, 5.74) is 3.02. The molecule has 0 radical (unpaired) electrons. The van der Waals surface area contributed by atoms with Crippen LogP contribution in [0.1, 0.15) is 11.5 Å². The van der Waals surface area contributed by atoms with E-state index < -0.39 is 0 Å². The van der Waals surface area contributed by atoms with E-state index in [9.17, 15) is 0 Å². The maximum Gasteiger partial charge on any atom is 0.241 e. The maximum absolute atomic E-state index is 5.91. The molecule has 0 fully saturated rings. The number of hydrogen-bond donors (Lipinski definition) is 0. The second kappa shape index (κ2) is 7.73. The molecule has 0 aliphatic heterocycles. The summed E-state index contributed by atoms with van der Waals surface area (Å²) in [6, 6.07) is 17.4. The lowest BCUT2D eigenvalue weighted by Gasteiger charge is -2.12. The van der Waals surface area contributed by atoms with Crippen LogP contribution < -0.4 is 0 Å². The Hall–Kier alpha value is -2.96. The molecule has 2 aromatic heterocycles. The lowest BCUT2D eigenvalue weighted by atomic mass is 10.2. The van der Waals surface area contributed by atoms with Crippen LogP contribution in [-0.2, 0) is 13.1 Å². The zero-order valence-electron chi connectivity index (χ0n) is 14.8. The first-order valence-corrected chi connectivity index (χ1v) is 8.91. The summed E-state index contributed by atoms with van der Waals surface area (Å²) < 4.78 is 7.25. The molecule has 0 bridgehead atoms. The molecule has 0 N–H and O–H groups in total. The monoisotopic (exact) mass is 379 g/mol.